The van der Waals surface area contributed by atoms with E-state index < -0.39 is 21.3 Å². The third-order valence-corrected chi connectivity index (χ3v) is 1.57. The first-order chi connectivity index (χ1) is 5.59. The van der Waals surface area contributed by atoms with Crippen molar-refractivity contribution in [2.45, 2.75) is 0 Å². The molecule has 0 amide bonds. The van der Waals surface area contributed by atoms with Gasteiger partial charge in [0, 0.05) is 6.07 Å². The van der Waals surface area contributed by atoms with Gasteiger partial charge in [-0.3, -0.25) is 0 Å². The summed E-state index contributed by atoms with van der Waals surface area (Å²) in [6, 6.07) is 2.63. The summed E-state index contributed by atoms with van der Waals surface area (Å²) in [5.41, 5.74) is 0. The molecular formula is C6H3F2O2S2-. The van der Waals surface area contributed by atoms with Gasteiger partial charge in [0.25, 0.3) is 0 Å². The summed E-state index contributed by atoms with van der Waals surface area (Å²) in [4.78, 5) is 0. The second-order valence-electron chi connectivity index (χ2n) is 1.86. The summed E-state index contributed by atoms with van der Waals surface area (Å²) in [5.74, 6) is -1.96. The fourth-order valence-corrected chi connectivity index (χ4v) is 1.12. The van der Waals surface area contributed by atoms with Crippen LogP contribution in [0.2, 0.25) is 0 Å². The Morgan fingerprint density at radius 2 is 2.08 bits per heavy atom. The molecule has 6 heteroatoms. The quantitative estimate of drug-likeness (QED) is 0.693. The monoisotopic (exact) mass is 209 g/mol. The summed E-state index contributed by atoms with van der Waals surface area (Å²) in [6.07, 6.45) is 0. The van der Waals surface area contributed by atoms with Crippen molar-refractivity contribution in [2.75, 3.05) is 0 Å². The topological polar surface area (TPSA) is 26.3 Å². The molecule has 0 N–H and O–H groups in total. The number of halogens is 2. The van der Waals surface area contributed by atoms with Gasteiger partial charge in [0.2, 0.25) is 0 Å². The van der Waals surface area contributed by atoms with Crippen LogP contribution in [-0.2, 0) is 25.0 Å². The molecule has 0 bridgehead atoms. The Kier molecular flexibility index (Phi) is 2.93. The average molecular weight is 209 g/mol. The minimum Gasteiger partial charge on any atom is -0.549 e. The lowest BCUT2D eigenvalue weighted by atomic mass is 10.3. The first-order valence-corrected chi connectivity index (χ1v) is 4.82. The minimum absolute atomic E-state index is 0.315. The van der Waals surface area contributed by atoms with Crippen LogP contribution < -0.4 is 4.18 Å². The first kappa shape index (κ1) is 9.34. The Morgan fingerprint density at radius 1 is 1.42 bits per heavy atom. The molecule has 0 aliphatic rings. The van der Waals surface area contributed by atoms with Gasteiger partial charge in [0.15, 0.2) is 5.82 Å². The van der Waals surface area contributed by atoms with Gasteiger partial charge >= 0.3 is 0 Å². The third kappa shape index (κ3) is 2.38. The molecule has 0 saturated carbocycles. The van der Waals surface area contributed by atoms with Gasteiger partial charge in [-0.1, -0.05) is 0 Å². The Morgan fingerprint density at radius 3 is 2.58 bits per heavy atom. The second kappa shape index (κ2) is 3.77. The van der Waals surface area contributed by atoms with Crippen molar-refractivity contribution in [3.05, 3.63) is 29.8 Å². The van der Waals surface area contributed by atoms with Crippen molar-refractivity contribution in [3.63, 3.8) is 0 Å². The molecule has 0 unspecified atom stereocenters. The molecule has 0 aromatic heterocycles. The van der Waals surface area contributed by atoms with Gasteiger partial charge in [-0.05, 0) is 21.8 Å². The highest BCUT2D eigenvalue weighted by molar-refractivity contribution is 8.19. The molecule has 0 fully saturated rings. The van der Waals surface area contributed by atoms with Crippen molar-refractivity contribution in [2.24, 2.45) is 0 Å². The van der Waals surface area contributed by atoms with E-state index in [1.165, 1.54) is 0 Å². The van der Waals surface area contributed by atoms with Crippen LogP contribution >= 0.6 is 0 Å². The van der Waals surface area contributed by atoms with E-state index in [1.807, 2.05) is 0 Å². The van der Waals surface area contributed by atoms with Gasteiger partial charge in [-0.25, -0.2) is 8.78 Å². The molecule has 66 valence electrons. The van der Waals surface area contributed by atoms with E-state index in [0.717, 1.165) is 12.1 Å². The zero-order chi connectivity index (χ0) is 9.14. The minimum atomic E-state index is -2.01. The lowest BCUT2D eigenvalue weighted by Gasteiger charge is -2.07. The molecule has 0 aliphatic carbocycles. The zero-order valence-electron chi connectivity index (χ0n) is 5.62. The first-order valence-electron chi connectivity index (χ1n) is 2.82. The normalized spacial score (nSPS) is 10.2. The Hall–Kier alpha value is -0.750. The highest BCUT2D eigenvalue weighted by Crippen LogP contribution is 2.17. The lowest BCUT2D eigenvalue weighted by molar-refractivity contribution is 0.495. The van der Waals surface area contributed by atoms with E-state index in [9.17, 15) is 13.0 Å². The van der Waals surface area contributed by atoms with Crippen LogP contribution in [0.5, 0.6) is 5.75 Å². The fraction of sp³-hybridized carbons (Fsp3) is 0. The molecule has 2 nitrogen and oxygen atoms in total. The predicted molar refractivity (Wildman–Crippen MR) is 42.4 cm³/mol. The van der Waals surface area contributed by atoms with Crippen molar-refractivity contribution >= 4 is 20.8 Å². The molecule has 0 heterocycles. The number of rotatable bonds is 2. The zero-order valence-corrected chi connectivity index (χ0v) is 7.25. The van der Waals surface area contributed by atoms with Crippen LogP contribution in [0.4, 0.5) is 8.78 Å². The molecule has 0 radical (unpaired) electrons. The molecular weight excluding hydrogens is 206 g/mol. The summed E-state index contributed by atoms with van der Waals surface area (Å²) in [6.45, 7) is 0. The lowest BCUT2D eigenvalue weighted by Crippen LogP contribution is -1.91. The van der Waals surface area contributed by atoms with Crippen molar-refractivity contribution in [3.8, 4) is 5.75 Å². The molecule has 0 spiro atoms. The van der Waals surface area contributed by atoms with Gasteiger partial charge in [0.1, 0.15) is 11.6 Å². The highest BCUT2D eigenvalue weighted by atomic mass is 32.8. The van der Waals surface area contributed by atoms with Gasteiger partial charge in [-0.2, -0.15) is 11.2 Å². The standard InChI is InChI=1S/C6H3F2O2S2/c7-4-1-2-6(5(8)3-4)10-12(9)11/h1-3H/q-1. The maximum absolute atomic E-state index is 12.7. The predicted octanol–water partition coefficient (Wildman–Crippen LogP) is 1.68. The Balaban J connectivity index is 3.01. The van der Waals surface area contributed by atoms with Crippen LogP contribution in [-0.4, -0.2) is 0 Å². The van der Waals surface area contributed by atoms with Crippen molar-refractivity contribution in [1.82, 2.24) is 0 Å². The SMILES string of the molecule is O=[S-](=S)Oc1ccc(F)cc1F. The summed E-state index contributed by atoms with van der Waals surface area (Å²) < 4.78 is 39.6. The highest BCUT2D eigenvalue weighted by Gasteiger charge is 2.00. The van der Waals surface area contributed by atoms with Crippen LogP contribution in [0.25, 0.3) is 0 Å². The third-order valence-electron chi connectivity index (χ3n) is 1.05. The van der Waals surface area contributed by atoms with E-state index in [-0.39, 0.29) is 5.75 Å². The van der Waals surface area contributed by atoms with Crippen molar-refractivity contribution in [1.29, 1.82) is 0 Å². The molecule has 0 atom stereocenters. The Bertz CT molecular complexity index is 355. The second-order valence-corrected chi connectivity index (χ2v) is 3.25. The van der Waals surface area contributed by atoms with Gasteiger partial charge in [0.05, 0.1) is 0 Å². The van der Waals surface area contributed by atoms with Gasteiger partial charge in [-0.15, -0.1) is 0 Å². The van der Waals surface area contributed by atoms with E-state index in [1.54, 1.807) is 0 Å². The van der Waals surface area contributed by atoms with Crippen LogP contribution in [0.15, 0.2) is 18.2 Å². The summed E-state index contributed by atoms with van der Waals surface area (Å²) in [7, 11) is -2.01. The summed E-state index contributed by atoms with van der Waals surface area (Å²) in [5, 5.41) is 0. The van der Waals surface area contributed by atoms with Crippen LogP contribution in [0.1, 0.15) is 0 Å². The summed E-state index contributed by atoms with van der Waals surface area (Å²) >= 11 is 4.14. The van der Waals surface area contributed by atoms with Crippen LogP contribution in [0.3, 0.4) is 0 Å². The van der Waals surface area contributed by atoms with E-state index in [4.69, 9.17) is 0 Å². The van der Waals surface area contributed by atoms with E-state index in [2.05, 4.69) is 15.4 Å². The van der Waals surface area contributed by atoms with Crippen molar-refractivity contribution < 1.29 is 17.2 Å². The smallest absolute Gasteiger partial charge is 0.166 e. The molecule has 1 rings (SSSR count). The molecule has 1 aromatic rings. The van der Waals surface area contributed by atoms with Crippen LogP contribution in [0, 0.1) is 11.6 Å². The maximum atomic E-state index is 12.7. The fourth-order valence-electron chi connectivity index (χ4n) is 0.616. The number of hydrogen-bond donors (Lipinski definition) is 0. The largest absolute Gasteiger partial charge is 0.549 e. The van der Waals surface area contributed by atoms with E-state index >= 15 is 0 Å². The molecule has 12 heavy (non-hydrogen) atoms. The van der Waals surface area contributed by atoms with E-state index in [0.29, 0.717) is 6.07 Å². The molecule has 1 aromatic carbocycles. The molecule has 0 saturated heterocycles. The molecule has 0 aliphatic heterocycles. The number of hydrogen-bond acceptors (Lipinski definition) is 4. The van der Waals surface area contributed by atoms with Gasteiger partial charge < -0.3 is 8.39 Å². The Labute approximate surface area is 74.1 Å². The number of benzene rings is 1. The maximum Gasteiger partial charge on any atom is 0.166 e. The average Bonchev–Trinajstić information content (AvgIpc) is 1.94.